The van der Waals surface area contributed by atoms with Crippen LogP contribution in [0.5, 0.6) is 5.75 Å². The van der Waals surface area contributed by atoms with Crippen molar-refractivity contribution in [2.24, 2.45) is 0 Å². The summed E-state index contributed by atoms with van der Waals surface area (Å²) >= 11 is 0. The standard InChI is InChI=1S/C18H15NO/c20-14-9-12-5-1-3-7-15(12)16(11-14)18-10-13-6-2-4-8-17(13)19-18/h1-9,11,18-20H,10H2. The molecule has 2 N–H and O–H groups in total. The largest absolute Gasteiger partial charge is 0.508 e. The Morgan fingerprint density at radius 3 is 2.65 bits per heavy atom. The summed E-state index contributed by atoms with van der Waals surface area (Å²) in [6.45, 7) is 0. The highest BCUT2D eigenvalue weighted by Crippen LogP contribution is 2.38. The monoisotopic (exact) mass is 261 g/mol. The summed E-state index contributed by atoms with van der Waals surface area (Å²) < 4.78 is 0. The Kier molecular flexibility index (Phi) is 2.43. The fraction of sp³-hybridized carbons (Fsp3) is 0.111. The summed E-state index contributed by atoms with van der Waals surface area (Å²) in [5.74, 6) is 0.330. The third-order valence-corrected chi connectivity index (χ3v) is 4.03. The molecule has 20 heavy (non-hydrogen) atoms. The molecule has 1 aliphatic heterocycles. The predicted octanol–water partition coefficient (Wildman–Crippen LogP) is 4.25. The molecule has 0 bridgehead atoms. The predicted molar refractivity (Wildman–Crippen MR) is 82.1 cm³/mol. The first-order valence-corrected chi connectivity index (χ1v) is 6.87. The second-order valence-corrected chi connectivity index (χ2v) is 5.31. The van der Waals surface area contributed by atoms with Gasteiger partial charge in [-0.25, -0.2) is 0 Å². The quantitative estimate of drug-likeness (QED) is 0.686. The van der Waals surface area contributed by atoms with Gasteiger partial charge in [-0.15, -0.1) is 0 Å². The van der Waals surface area contributed by atoms with Crippen molar-refractivity contribution in [2.45, 2.75) is 12.5 Å². The number of phenolic OH excluding ortho intramolecular Hbond substituents is 1. The van der Waals surface area contributed by atoms with Gasteiger partial charge in [0, 0.05) is 5.69 Å². The summed E-state index contributed by atoms with van der Waals surface area (Å²) in [5.41, 5.74) is 3.70. The van der Waals surface area contributed by atoms with Gasteiger partial charge in [0.05, 0.1) is 6.04 Å². The van der Waals surface area contributed by atoms with Crippen molar-refractivity contribution in [2.75, 3.05) is 5.32 Å². The van der Waals surface area contributed by atoms with E-state index in [1.165, 1.54) is 16.6 Å². The van der Waals surface area contributed by atoms with Gasteiger partial charge in [0.25, 0.3) is 0 Å². The zero-order valence-corrected chi connectivity index (χ0v) is 11.0. The summed E-state index contributed by atoms with van der Waals surface area (Å²) in [6.07, 6.45) is 0.962. The smallest absolute Gasteiger partial charge is 0.116 e. The van der Waals surface area contributed by atoms with E-state index in [2.05, 4.69) is 35.6 Å². The van der Waals surface area contributed by atoms with E-state index in [0.717, 1.165) is 17.4 Å². The van der Waals surface area contributed by atoms with Gasteiger partial charge in [-0.3, -0.25) is 0 Å². The Balaban J connectivity index is 1.84. The fourth-order valence-electron chi connectivity index (χ4n) is 3.10. The lowest BCUT2D eigenvalue weighted by molar-refractivity contribution is 0.475. The molecule has 0 radical (unpaired) electrons. The maximum absolute atomic E-state index is 9.96. The number of nitrogens with one attached hydrogen (secondary N) is 1. The Bertz CT molecular complexity index is 769. The number of fused-ring (bicyclic) bond motifs is 2. The molecule has 3 aromatic carbocycles. The highest BCUT2D eigenvalue weighted by Gasteiger charge is 2.23. The average molecular weight is 261 g/mol. The van der Waals surface area contributed by atoms with Crippen molar-refractivity contribution < 1.29 is 5.11 Å². The van der Waals surface area contributed by atoms with Crippen LogP contribution in [0.15, 0.2) is 60.7 Å². The Hall–Kier alpha value is -2.48. The molecule has 3 aromatic rings. The fourth-order valence-corrected chi connectivity index (χ4v) is 3.10. The maximum Gasteiger partial charge on any atom is 0.116 e. The van der Waals surface area contributed by atoms with E-state index in [1.807, 2.05) is 30.3 Å². The normalized spacial score (nSPS) is 16.9. The average Bonchev–Trinajstić information content (AvgIpc) is 2.90. The summed E-state index contributed by atoms with van der Waals surface area (Å²) in [6, 6.07) is 20.5. The van der Waals surface area contributed by atoms with Crippen molar-refractivity contribution in [1.82, 2.24) is 0 Å². The van der Waals surface area contributed by atoms with E-state index in [9.17, 15) is 5.11 Å². The van der Waals surface area contributed by atoms with Gasteiger partial charge in [0.15, 0.2) is 0 Å². The second kappa shape index (κ2) is 4.27. The second-order valence-electron chi connectivity index (χ2n) is 5.31. The Morgan fingerprint density at radius 2 is 1.75 bits per heavy atom. The van der Waals surface area contributed by atoms with Crippen molar-refractivity contribution in [1.29, 1.82) is 0 Å². The molecule has 2 heteroatoms. The van der Waals surface area contributed by atoms with Crippen LogP contribution in [-0.4, -0.2) is 5.11 Å². The van der Waals surface area contributed by atoms with Crippen LogP contribution < -0.4 is 5.32 Å². The van der Waals surface area contributed by atoms with Gasteiger partial charge >= 0.3 is 0 Å². The highest BCUT2D eigenvalue weighted by atomic mass is 16.3. The van der Waals surface area contributed by atoms with Gasteiger partial charge in [-0.1, -0.05) is 42.5 Å². The van der Waals surface area contributed by atoms with Gasteiger partial charge in [0.2, 0.25) is 0 Å². The molecule has 0 saturated carbocycles. The molecule has 1 atom stereocenters. The molecule has 0 saturated heterocycles. The van der Waals surface area contributed by atoms with Crippen LogP contribution in [0.3, 0.4) is 0 Å². The summed E-state index contributed by atoms with van der Waals surface area (Å²) in [7, 11) is 0. The molecule has 1 heterocycles. The number of aromatic hydroxyl groups is 1. The van der Waals surface area contributed by atoms with E-state index >= 15 is 0 Å². The third kappa shape index (κ3) is 1.73. The molecule has 1 unspecified atom stereocenters. The van der Waals surface area contributed by atoms with E-state index in [-0.39, 0.29) is 6.04 Å². The first-order valence-electron chi connectivity index (χ1n) is 6.87. The van der Waals surface area contributed by atoms with Crippen molar-refractivity contribution in [3.05, 3.63) is 71.8 Å². The third-order valence-electron chi connectivity index (χ3n) is 4.03. The first-order chi connectivity index (χ1) is 9.81. The minimum atomic E-state index is 0.226. The van der Waals surface area contributed by atoms with Gasteiger partial charge in [-0.05, 0) is 46.5 Å². The lowest BCUT2D eigenvalue weighted by Crippen LogP contribution is -2.06. The molecular formula is C18H15NO. The number of anilines is 1. The molecule has 1 aliphatic rings. The van der Waals surface area contributed by atoms with E-state index in [4.69, 9.17) is 0 Å². The molecule has 0 fully saturated rings. The van der Waals surface area contributed by atoms with Crippen LogP contribution in [0.25, 0.3) is 10.8 Å². The highest BCUT2D eigenvalue weighted by molar-refractivity contribution is 5.88. The minimum absolute atomic E-state index is 0.226. The molecule has 2 nitrogen and oxygen atoms in total. The molecule has 0 aliphatic carbocycles. The molecule has 0 spiro atoms. The Morgan fingerprint density at radius 1 is 0.950 bits per heavy atom. The van der Waals surface area contributed by atoms with E-state index in [0.29, 0.717) is 5.75 Å². The summed E-state index contributed by atoms with van der Waals surface area (Å²) in [5, 5.41) is 15.8. The van der Waals surface area contributed by atoms with Gasteiger partial charge in [-0.2, -0.15) is 0 Å². The van der Waals surface area contributed by atoms with E-state index < -0.39 is 0 Å². The van der Waals surface area contributed by atoms with Crippen LogP contribution in [0.1, 0.15) is 17.2 Å². The van der Waals surface area contributed by atoms with Gasteiger partial charge < -0.3 is 10.4 Å². The van der Waals surface area contributed by atoms with Crippen LogP contribution in [0.2, 0.25) is 0 Å². The summed E-state index contributed by atoms with van der Waals surface area (Å²) in [4.78, 5) is 0. The van der Waals surface area contributed by atoms with Crippen LogP contribution >= 0.6 is 0 Å². The van der Waals surface area contributed by atoms with Crippen molar-refractivity contribution in [3.8, 4) is 5.75 Å². The van der Waals surface area contributed by atoms with Crippen molar-refractivity contribution in [3.63, 3.8) is 0 Å². The Labute approximate surface area is 117 Å². The number of rotatable bonds is 1. The van der Waals surface area contributed by atoms with Crippen LogP contribution in [0.4, 0.5) is 5.69 Å². The number of para-hydroxylation sites is 1. The van der Waals surface area contributed by atoms with Gasteiger partial charge in [0.1, 0.15) is 5.75 Å². The molecule has 98 valence electrons. The van der Waals surface area contributed by atoms with Crippen molar-refractivity contribution >= 4 is 16.5 Å². The zero-order chi connectivity index (χ0) is 13.5. The molecule has 4 rings (SSSR count). The maximum atomic E-state index is 9.96. The van der Waals surface area contributed by atoms with Crippen LogP contribution in [-0.2, 0) is 6.42 Å². The minimum Gasteiger partial charge on any atom is -0.508 e. The number of hydrogen-bond donors (Lipinski definition) is 2. The lowest BCUT2D eigenvalue weighted by atomic mass is 9.96. The van der Waals surface area contributed by atoms with E-state index in [1.54, 1.807) is 0 Å². The molecular weight excluding hydrogens is 246 g/mol. The first kappa shape index (κ1) is 11.4. The molecule has 0 amide bonds. The SMILES string of the molecule is Oc1cc(C2Cc3ccccc3N2)c2ccccc2c1. The lowest BCUT2D eigenvalue weighted by Gasteiger charge is -2.15. The number of phenols is 1. The van der Waals surface area contributed by atoms with Crippen LogP contribution in [0, 0.1) is 0 Å². The number of benzene rings is 3. The molecule has 0 aromatic heterocycles. The number of hydrogen-bond acceptors (Lipinski definition) is 2. The topological polar surface area (TPSA) is 32.3 Å². The zero-order valence-electron chi connectivity index (χ0n) is 11.0.